The third-order valence-corrected chi connectivity index (χ3v) is 2.45. The van der Waals surface area contributed by atoms with Crippen LogP contribution in [0.1, 0.15) is 0 Å². The fraction of sp³-hybridized carbons (Fsp3) is 0. The summed E-state index contributed by atoms with van der Waals surface area (Å²) in [6, 6.07) is 4.62. The number of hydrogen-bond donors (Lipinski definition) is 0. The highest BCUT2D eigenvalue weighted by Gasteiger charge is 2.04. The maximum atomic E-state index is 13.0. The van der Waals surface area contributed by atoms with Crippen molar-refractivity contribution in [2.24, 2.45) is 0 Å². The molecule has 0 spiro atoms. The number of thiazole rings is 1. The molecule has 1 nitrogen and oxygen atoms in total. The first-order valence-electron chi connectivity index (χ1n) is 3.54. The van der Waals surface area contributed by atoms with Gasteiger partial charge in [-0.25, -0.2) is 9.37 Å². The number of halogens is 2. The van der Waals surface area contributed by atoms with E-state index in [1.54, 1.807) is 6.07 Å². The molecule has 1 radical (unpaired) electrons. The van der Waals surface area contributed by atoms with E-state index < -0.39 is 5.82 Å². The van der Waals surface area contributed by atoms with Crippen LogP contribution in [0.3, 0.4) is 0 Å². The van der Waals surface area contributed by atoms with Crippen molar-refractivity contribution in [2.45, 2.75) is 0 Å². The average Bonchev–Trinajstić information content (AvgIpc) is 2.62. The van der Waals surface area contributed by atoms with E-state index in [4.69, 9.17) is 11.6 Å². The van der Waals surface area contributed by atoms with Crippen molar-refractivity contribution in [1.29, 1.82) is 0 Å². The zero-order valence-electron chi connectivity index (χ0n) is 6.42. The minimum absolute atomic E-state index is 0.128. The lowest BCUT2D eigenvalue weighted by Gasteiger charge is -1.97. The predicted molar refractivity (Wildman–Crippen MR) is 51.4 cm³/mol. The van der Waals surface area contributed by atoms with Crippen LogP contribution in [0.4, 0.5) is 4.39 Å². The van der Waals surface area contributed by atoms with Gasteiger partial charge in [-0.15, -0.1) is 11.3 Å². The Bertz CT molecular complexity index is 414. The monoisotopic (exact) mass is 212 g/mol. The molecule has 0 saturated heterocycles. The molecular formula is C9H4ClFNS. The summed E-state index contributed by atoms with van der Waals surface area (Å²) in [4.78, 5) is 3.94. The molecule has 0 saturated carbocycles. The fourth-order valence-corrected chi connectivity index (χ4v) is 1.59. The Morgan fingerprint density at radius 3 is 2.92 bits per heavy atom. The maximum absolute atomic E-state index is 13.0. The van der Waals surface area contributed by atoms with Crippen molar-refractivity contribution in [3.63, 3.8) is 0 Å². The van der Waals surface area contributed by atoms with Gasteiger partial charge in [0, 0.05) is 10.9 Å². The van der Waals surface area contributed by atoms with Gasteiger partial charge in [0.2, 0.25) is 0 Å². The second-order valence-electron chi connectivity index (χ2n) is 2.45. The van der Waals surface area contributed by atoms with E-state index in [1.807, 2.05) is 5.38 Å². The number of rotatable bonds is 1. The minimum Gasteiger partial charge on any atom is -0.233 e. The highest BCUT2D eigenvalue weighted by atomic mass is 35.5. The number of hydrogen-bond acceptors (Lipinski definition) is 2. The van der Waals surface area contributed by atoms with Gasteiger partial charge in [0.1, 0.15) is 5.82 Å². The lowest BCUT2D eigenvalue weighted by atomic mass is 10.2. The van der Waals surface area contributed by atoms with E-state index in [9.17, 15) is 4.39 Å². The average molecular weight is 213 g/mol. The second-order valence-corrected chi connectivity index (χ2v) is 3.51. The molecule has 0 unspecified atom stereocenters. The highest BCUT2D eigenvalue weighted by Crippen LogP contribution is 2.23. The second kappa shape index (κ2) is 3.44. The van der Waals surface area contributed by atoms with Crippen LogP contribution in [0, 0.1) is 11.3 Å². The lowest BCUT2D eigenvalue weighted by Crippen LogP contribution is -1.80. The van der Waals surface area contributed by atoms with Crippen LogP contribution in [0.15, 0.2) is 23.6 Å². The molecule has 65 valence electrons. The molecule has 0 aliphatic heterocycles. The van der Waals surface area contributed by atoms with Crippen LogP contribution in [-0.2, 0) is 0 Å². The molecule has 0 fully saturated rings. The summed E-state index contributed by atoms with van der Waals surface area (Å²) in [5.41, 5.74) is 4.14. The molecular weight excluding hydrogens is 209 g/mol. The molecule has 1 aromatic carbocycles. The van der Waals surface area contributed by atoms with E-state index in [0.29, 0.717) is 0 Å². The number of nitrogens with zero attached hydrogens (tertiary/aromatic N) is 1. The van der Waals surface area contributed by atoms with Crippen molar-refractivity contribution in [3.05, 3.63) is 39.9 Å². The molecule has 0 aliphatic rings. The summed E-state index contributed by atoms with van der Waals surface area (Å²) in [7, 11) is 0. The van der Waals surface area contributed by atoms with Gasteiger partial charge in [-0.3, -0.25) is 0 Å². The molecule has 13 heavy (non-hydrogen) atoms. The SMILES string of the molecule is Fc1cc(-c2cs[c]n2)ccc1Cl. The Labute approximate surface area is 83.8 Å². The Kier molecular flexibility index (Phi) is 2.29. The zero-order chi connectivity index (χ0) is 9.26. The van der Waals surface area contributed by atoms with Crippen LogP contribution < -0.4 is 0 Å². The van der Waals surface area contributed by atoms with Crippen molar-refractivity contribution >= 4 is 22.9 Å². The largest absolute Gasteiger partial charge is 0.233 e. The van der Waals surface area contributed by atoms with Crippen LogP contribution in [-0.4, -0.2) is 4.98 Å². The number of benzene rings is 1. The van der Waals surface area contributed by atoms with Crippen molar-refractivity contribution in [2.75, 3.05) is 0 Å². The van der Waals surface area contributed by atoms with E-state index >= 15 is 0 Å². The summed E-state index contributed by atoms with van der Waals surface area (Å²) >= 11 is 6.89. The van der Waals surface area contributed by atoms with Gasteiger partial charge in [0.15, 0.2) is 5.51 Å². The molecule has 0 atom stereocenters. The number of aromatic nitrogens is 1. The normalized spacial score (nSPS) is 10.3. The van der Waals surface area contributed by atoms with Crippen molar-refractivity contribution < 1.29 is 4.39 Å². The molecule has 0 aliphatic carbocycles. The molecule has 1 heterocycles. The summed E-state index contributed by atoms with van der Waals surface area (Å²) in [6.45, 7) is 0. The lowest BCUT2D eigenvalue weighted by molar-refractivity contribution is 0.628. The Balaban J connectivity index is 2.49. The maximum Gasteiger partial charge on any atom is 0.152 e. The molecule has 2 rings (SSSR count). The summed E-state index contributed by atoms with van der Waals surface area (Å²) in [6.07, 6.45) is 0. The third kappa shape index (κ3) is 1.71. The molecule has 0 N–H and O–H groups in total. The first kappa shape index (κ1) is 8.66. The van der Waals surface area contributed by atoms with Crippen LogP contribution >= 0.6 is 22.9 Å². The molecule has 0 amide bonds. The smallest absolute Gasteiger partial charge is 0.152 e. The molecule has 1 aromatic heterocycles. The predicted octanol–water partition coefficient (Wildman–Crippen LogP) is 3.40. The quantitative estimate of drug-likeness (QED) is 0.706. The van der Waals surface area contributed by atoms with Gasteiger partial charge in [0.25, 0.3) is 0 Å². The van der Waals surface area contributed by atoms with Crippen LogP contribution in [0.5, 0.6) is 0 Å². The van der Waals surface area contributed by atoms with Gasteiger partial charge in [-0.1, -0.05) is 17.7 Å². The van der Waals surface area contributed by atoms with E-state index in [2.05, 4.69) is 10.5 Å². The van der Waals surface area contributed by atoms with E-state index in [-0.39, 0.29) is 5.02 Å². The van der Waals surface area contributed by atoms with Crippen LogP contribution in [0.2, 0.25) is 5.02 Å². The molecule has 2 aromatic rings. The highest BCUT2D eigenvalue weighted by molar-refractivity contribution is 7.07. The van der Waals surface area contributed by atoms with Gasteiger partial charge >= 0.3 is 0 Å². The Morgan fingerprint density at radius 2 is 2.31 bits per heavy atom. The van der Waals surface area contributed by atoms with E-state index in [0.717, 1.165) is 11.3 Å². The standard InChI is InChI=1S/C9H4ClFNS/c10-7-2-1-6(3-8(7)11)9-4-13-5-12-9/h1-4H. The minimum atomic E-state index is -0.424. The third-order valence-electron chi connectivity index (χ3n) is 1.60. The van der Waals surface area contributed by atoms with Gasteiger partial charge in [-0.05, 0) is 12.1 Å². The zero-order valence-corrected chi connectivity index (χ0v) is 7.99. The molecule has 4 heteroatoms. The van der Waals surface area contributed by atoms with Crippen LogP contribution in [0.25, 0.3) is 11.3 Å². The summed E-state index contributed by atoms with van der Waals surface area (Å²) in [5, 5.41) is 1.94. The summed E-state index contributed by atoms with van der Waals surface area (Å²) in [5.74, 6) is -0.424. The van der Waals surface area contributed by atoms with Crippen molar-refractivity contribution in [3.8, 4) is 11.3 Å². The Hall–Kier alpha value is -0.930. The van der Waals surface area contributed by atoms with E-state index in [1.165, 1.54) is 23.5 Å². The fourth-order valence-electron chi connectivity index (χ4n) is 0.972. The van der Waals surface area contributed by atoms with Gasteiger partial charge in [0.05, 0.1) is 10.7 Å². The Morgan fingerprint density at radius 1 is 1.46 bits per heavy atom. The topological polar surface area (TPSA) is 12.9 Å². The van der Waals surface area contributed by atoms with Gasteiger partial charge in [-0.2, -0.15) is 0 Å². The van der Waals surface area contributed by atoms with Gasteiger partial charge < -0.3 is 0 Å². The van der Waals surface area contributed by atoms with Crippen molar-refractivity contribution in [1.82, 2.24) is 4.98 Å². The molecule has 0 bridgehead atoms. The first-order chi connectivity index (χ1) is 6.27. The first-order valence-corrected chi connectivity index (χ1v) is 4.80. The summed E-state index contributed by atoms with van der Waals surface area (Å²) < 4.78 is 13.0.